The van der Waals surface area contributed by atoms with Crippen LogP contribution in [0, 0.1) is 17.7 Å². The molecule has 1 unspecified atom stereocenters. The van der Waals surface area contributed by atoms with E-state index in [1.165, 1.54) is 27.9 Å². The lowest BCUT2D eigenvalue weighted by Crippen LogP contribution is -2.52. The van der Waals surface area contributed by atoms with Gasteiger partial charge in [-0.05, 0) is 66.6 Å². The zero-order valence-corrected chi connectivity index (χ0v) is 37.2. The molecule has 5 aromatic rings. The van der Waals surface area contributed by atoms with Gasteiger partial charge in [0.15, 0.2) is 0 Å². The molecule has 2 aliphatic carbocycles. The number of unbranched alkanes of at least 4 members (excludes halogenated alkanes) is 3. The highest BCUT2D eigenvalue weighted by Crippen LogP contribution is 2.42. The van der Waals surface area contributed by atoms with E-state index in [9.17, 15) is 28.4 Å². The smallest absolute Gasteiger partial charge is 0.315 e. The standard InChI is InChI=1S/C51H58FN9O5/c1-2-3-4-11-25-53-49(64)46(57-51(66)54-26-24-33-16-22-38(52)23-17-33)32-61-31-45(58-59-61)36-18-20-37(21-19-36)50(65)60-29-41(47(62)55-43-27-39(43)34-12-7-5-8-13-34)42(30-60)48(63)56-44-28-40(44)35-14-9-6-10-15-35/h5-10,12-23,31,39-44,46H,2-4,11,24-30,32H2,1H3,(H,53,64)(H,55,62)(H,56,63)(H2,54,57,66)/t39-,40-,41-,42-,43+,44+,46?/m1/s1. The van der Waals surface area contributed by atoms with Gasteiger partial charge in [0.1, 0.15) is 17.6 Å². The van der Waals surface area contributed by atoms with Crippen molar-refractivity contribution in [3.63, 3.8) is 0 Å². The summed E-state index contributed by atoms with van der Waals surface area (Å²) in [5, 5.41) is 23.4. The second kappa shape index (κ2) is 21.4. The van der Waals surface area contributed by atoms with E-state index < -0.39 is 23.9 Å². The van der Waals surface area contributed by atoms with Crippen molar-refractivity contribution in [2.45, 2.75) is 88.4 Å². The Morgan fingerprint density at radius 2 is 1.32 bits per heavy atom. The van der Waals surface area contributed by atoms with Crippen molar-refractivity contribution in [1.29, 1.82) is 0 Å². The Bertz CT molecular complexity index is 2380. The lowest BCUT2D eigenvalue weighted by Gasteiger charge is -2.19. The highest BCUT2D eigenvalue weighted by molar-refractivity contribution is 5.97. The molecule has 66 heavy (non-hydrogen) atoms. The summed E-state index contributed by atoms with van der Waals surface area (Å²) in [6.07, 6.45) is 7.74. The van der Waals surface area contributed by atoms with E-state index in [-0.39, 0.29) is 79.5 Å². The number of nitrogens with zero attached hydrogens (tertiary/aromatic N) is 4. The normalized spacial score (nSPS) is 21.0. The molecule has 15 heteroatoms. The van der Waals surface area contributed by atoms with Gasteiger partial charge in [0.2, 0.25) is 17.7 Å². The molecule has 14 nitrogen and oxygen atoms in total. The number of carbonyl (C=O) groups is 5. The van der Waals surface area contributed by atoms with E-state index in [0.29, 0.717) is 29.8 Å². The third-order valence-corrected chi connectivity index (χ3v) is 12.9. The quantitative estimate of drug-likeness (QED) is 0.0620. The minimum Gasteiger partial charge on any atom is -0.354 e. The van der Waals surface area contributed by atoms with Crippen LogP contribution in [0.5, 0.6) is 0 Å². The van der Waals surface area contributed by atoms with Crippen LogP contribution in [0.15, 0.2) is 115 Å². The van der Waals surface area contributed by atoms with Crippen LogP contribution < -0.4 is 26.6 Å². The number of aromatic nitrogens is 3. The SMILES string of the molecule is CCCCCCNC(=O)C(Cn1cc(-c2ccc(C(=O)N3C[C@@H](C(=O)N[C@H]4C[C@@H]4c4ccccc4)[C@H](C(=O)N[C@H]4C[C@@H]4c4ccccc4)C3)cc2)nn1)NC(=O)NCCc1ccc(F)cc1. The molecule has 3 fully saturated rings. The van der Waals surface area contributed by atoms with Crippen molar-refractivity contribution < 1.29 is 28.4 Å². The van der Waals surface area contributed by atoms with Crippen LogP contribution >= 0.6 is 0 Å². The number of benzene rings is 4. The number of hydrogen-bond donors (Lipinski definition) is 5. The van der Waals surface area contributed by atoms with Crippen molar-refractivity contribution >= 4 is 29.7 Å². The maximum Gasteiger partial charge on any atom is 0.315 e. The Hall–Kier alpha value is -6.90. The predicted octanol–water partition coefficient (Wildman–Crippen LogP) is 5.72. The zero-order valence-electron chi connectivity index (χ0n) is 37.2. The number of urea groups is 1. The first-order chi connectivity index (χ1) is 32.1. The van der Waals surface area contributed by atoms with Crippen molar-refractivity contribution in [1.82, 2.24) is 46.5 Å². The number of likely N-dealkylation sites (tertiary alicyclic amines) is 1. The lowest BCUT2D eigenvalue weighted by molar-refractivity contribution is -0.133. The van der Waals surface area contributed by atoms with E-state index in [1.54, 1.807) is 47.5 Å². The molecule has 4 aromatic carbocycles. The third-order valence-electron chi connectivity index (χ3n) is 12.9. The molecule has 7 atom stereocenters. The fraction of sp³-hybridized carbons (Fsp3) is 0.392. The Morgan fingerprint density at radius 1 is 0.712 bits per heavy atom. The predicted molar refractivity (Wildman–Crippen MR) is 247 cm³/mol. The fourth-order valence-corrected chi connectivity index (χ4v) is 8.86. The molecule has 2 saturated carbocycles. The molecule has 8 rings (SSSR count). The van der Waals surface area contributed by atoms with Crippen LogP contribution in [-0.4, -0.2) is 93.9 Å². The van der Waals surface area contributed by atoms with Gasteiger partial charge in [0.05, 0.1) is 24.6 Å². The van der Waals surface area contributed by atoms with E-state index >= 15 is 0 Å². The summed E-state index contributed by atoms with van der Waals surface area (Å²) in [5.41, 5.74) is 4.76. The van der Waals surface area contributed by atoms with Crippen molar-refractivity contribution in [3.05, 3.63) is 143 Å². The fourth-order valence-electron chi connectivity index (χ4n) is 8.86. The van der Waals surface area contributed by atoms with Gasteiger partial charge in [-0.25, -0.2) is 13.9 Å². The highest BCUT2D eigenvalue weighted by Gasteiger charge is 2.49. The molecule has 6 amide bonds. The number of rotatable bonds is 20. The number of amides is 6. The Morgan fingerprint density at radius 3 is 1.91 bits per heavy atom. The van der Waals surface area contributed by atoms with Gasteiger partial charge in [0.25, 0.3) is 5.91 Å². The maximum atomic E-state index is 14.1. The van der Waals surface area contributed by atoms with Crippen molar-refractivity contribution in [2.24, 2.45) is 11.8 Å². The third kappa shape index (κ3) is 11.9. The van der Waals surface area contributed by atoms with Gasteiger partial charge in [-0.3, -0.25) is 19.2 Å². The highest BCUT2D eigenvalue weighted by atomic mass is 19.1. The molecule has 1 aliphatic heterocycles. The summed E-state index contributed by atoms with van der Waals surface area (Å²) in [6.45, 7) is 3.11. The molecule has 0 spiro atoms. The maximum absolute atomic E-state index is 14.1. The minimum atomic E-state index is -0.960. The summed E-state index contributed by atoms with van der Waals surface area (Å²) < 4.78 is 14.8. The molecule has 1 aromatic heterocycles. The molecule has 0 radical (unpaired) electrons. The Kier molecular flexibility index (Phi) is 14.8. The summed E-state index contributed by atoms with van der Waals surface area (Å²) in [4.78, 5) is 69.8. The summed E-state index contributed by atoms with van der Waals surface area (Å²) >= 11 is 0. The number of halogens is 1. The largest absolute Gasteiger partial charge is 0.354 e. The first kappa shape index (κ1) is 45.7. The number of nitrogens with one attached hydrogen (secondary N) is 5. The van der Waals surface area contributed by atoms with Crippen LogP contribution in [-0.2, 0) is 27.3 Å². The van der Waals surface area contributed by atoms with E-state index in [2.05, 4.69) is 68.1 Å². The topological polar surface area (TPSA) is 179 Å². The molecule has 344 valence electrons. The van der Waals surface area contributed by atoms with Crippen molar-refractivity contribution in [2.75, 3.05) is 26.2 Å². The van der Waals surface area contributed by atoms with Gasteiger partial charge in [-0.15, -0.1) is 5.10 Å². The van der Waals surface area contributed by atoms with Crippen LogP contribution in [0.1, 0.15) is 84.3 Å². The van der Waals surface area contributed by atoms with Gasteiger partial charge >= 0.3 is 6.03 Å². The van der Waals surface area contributed by atoms with Gasteiger partial charge in [-0.2, -0.15) is 0 Å². The molecule has 1 saturated heterocycles. The molecule has 5 N–H and O–H groups in total. The van der Waals surface area contributed by atoms with E-state index in [1.807, 2.05) is 36.4 Å². The summed E-state index contributed by atoms with van der Waals surface area (Å²) in [6, 6.07) is 31.6. The number of carbonyl (C=O) groups excluding carboxylic acids is 5. The molecule has 3 aliphatic rings. The average molecular weight is 896 g/mol. The molecular weight excluding hydrogens is 838 g/mol. The van der Waals surface area contributed by atoms with Gasteiger partial charge < -0.3 is 31.5 Å². The minimum absolute atomic E-state index is 0.00943. The van der Waals surface area contributed by atoms with Crippen LogP contribution in [0.2, 0.25) is 0 Å². The first-order valence-electron chi connectivity index (χ1n) is 23.2. The van der Waals surface area contributed by atoms with Gasteiger partial charge in [-0.1, -0.05) is 116 Å². The second-order valence-corrected chi connectivity index (χ2v) is 17.7. The first-order valence-corrected chi connectivity index (χ1v) is 23.2. The molecule has 0 bridgehead atoms. The summed E-state index contributed by atoms with van der Waals surface area (Å²) in [7, 11) is 0. The average Bonchev–Trinajstić information content (AvgIpc) is 4.17. The zero-order chi connectivity index (χ0) is 46.0. The van der Waals surface area contributed by atoms with Crippen LogP contribution in [0.4, 0.5) is 9.18 Å². The molecule has 2 heterocycles. The van der Waals surface area contributed by atoms with Crippen LogP contribution in [0.25, 0.3) is 11.3 Å². The number of hydrogen-bond acceptors (Lipinski definition) is 7. The Balaban J connectivity index is 0.896. The van der Waals surface area contributed by atoms with E-state index in [0.717, 1.165) is 44.1 Å². The van der Waals surface area contributed by atoms with Crippen molar-refractivity contribution in [3.8, 4) is 11.3 Å². The lowest BCUT2D eigenvalue weighted by atomic mass is 9.94. The van der Waals surface area contributed by atoms with Gasteiger partial charge in [0, 0.05) is 61.2 Å². The molecular formula is C51H58FN9O5. The Labute approximate surface area is 384 Å². The van der Waals surface area contributed by atoms with Crippen LogP contribution in [0.3, 0.4) is 0 Å². The monoisotopic (exact) mass is 895 g/mol. The second-order valence-electron chi connectivity index (χ2n) is 17.7. The van der Waals surface area contributed by atoms with E-state index in [4.69, 9.17) is 0 Å². The summed E-state index contributed by atoms with van der Waals surface area (Å²) in [5.74, 6) is -2.37.